The first kappa shape index (κ1) is 24.2. The van der Waals surface area contributed by atoms with Crippen molar-refractivity contribution in [3.8, 4) is 5.75 Å². The molecule has 0 bridgehead atoms. The van der Waals surface area contributed by atoms with Crippen molar-refractivity contribution in [1.82, 2.24) is 24.6 Å². The number of hydrogen-bond acceptors (Lipinski definition) is 6. The molecule has 2 amide bonds. The Kier molecular flexibility index (Phi) is 8.16. The molecule has 1 spiro atoms. The molecule has 4 rings (SSSR count). The van der Waals surface area contributed by atoms with Crippen LogP contribution in [0.1, 0.15) is 44.6 Å². The zero-order valence-corrected chi connectivity index (χ0v) is 20.0. The topological polar surface area (TPSA) is 89.8 Å². The van der Waals surface area contributed by atoms with Gasteiger partial charge in [0.15, 0.2) is 5.60 Å². The lowest BCUT2D eigenvalue weighted by Gasteiger charge is -2.44. The molecule has 2 aliphatic rings. The maximum atomic E-state index is 13.7. The number of ether oxygens (including phenoxy) is 2. The van der Waals surface area contributed by atoms with Crippen LogP contribution in [0.2, 0.25) is 0 Å². The highest BCUT2D eigenvalue weighted by Crippen LogP contribution is 2.30. The molecule has 1 unspecified atom stereocenters. The maximum absolute atomic E-state index is 13.7. The van der Waals surface area contributed by atoms with E-state index < -0.39 is 5.60 Å². The molecular formula is C25H35N5O4. The predicted octanol–water partition coefficient (Wildman–Crippen LogP) is 2.31. The van der Waals surface area contributed by atoms with Crippen molar-refractivity contribution in [2.24, 2.45) is 0 Å². The minimum absolute atomic E-state index is 0.0347. The fraction of sp³-hybridized carbons (Fsp3) is 0.600. The Bertz CT molecular complexity index is 951. The molecule has 9 heteroatoms. The van der Waals surface area contributed by atoms with E-state index in [9.17, 15) is 9.59 Å². The van der Waals surface area contributed by atoms with Crippen molar-refractivity contribution in [1.29, 1.82) is 0 Å². The zero-order chi connectivity index (χ0) is 23.8. The Hall–Kier alpha value is -2.94. The second kappa shape index (κ2) is 11.5. The van der Waals surface area contributed by atoms with Gasteiger partial charge in [0.1, 0.15) is 25.0 Å². The van der Waals surface area contributed by atoms with Gasteiger partial charge >= 0.3 is 0 Å². The first-order valence-corrected chi connectivity index (χ1v) is 12.4. The molecule has 0 aliphatic carbocycles. The second-order valence-electron chi connectivity index (χ2n) is 8.97. The van der Waals surface area contributed by atoms with Crippen LogP contribution in [0, 0.1) is 0 Å². The number of rotatable bonds is 5. The largest absolute Gasteiger partial charge is 0.491 e. The van der Waals surface area contributed by atoms with Gasteiger partial charge in [-0.1, -0.05) is 18.2 Å². The number of amides is 2. The summed E-state index contributed by atoms with van der Waals surface area (Å²) in [5, 5.41) is 4.09. The summed E-state index contributed by atoms with van der Waals surface area (Å²) in [5.74, 6) is 0.924. The number of aryl methyl sites for hydroxylation is 2. The monoisotopic (exact) mass is 469 g/mol. The van der Waals surface area contributed by atoms with E-state index in [2.05, 4.69) is 16.1 Å². The Morgan fingerprint density at radius 3 is 2.88 bits per heavy atom. The number of hydrogen-bond donors (Lipinski definition) is 0. The van der Waals surface area contributed by atoms with Gasteiger partial charge in [0, 0.05) is 26.1 Å². The molecule has 9 nitrogen and oxygen atoms in total. The van der Waals surface area contributed by atoms with Gasteiger partial charge in [-0.2, -0.15) is 5.10 Å². The lowest BCUT2D eigenvalue weighted by Crippen LogP contribution is -2.62. The van der Waals surface area contributed by atoms with E-state index in [0.29, 0.717) is 65.2 Å². The van der Waals surface area contributed by atoms with Crippen molar-refractivity contribution in [2.75, 3.05) is 39.4 Å². The van der Waals surface area contributed by atoms with E-state index in [1.165, 1.54) is 11.9 Å². The number of morpholine rings is 1. The molecule has 2 aromatic rings. The molecule has 3 heterocycles. The van der Waals surface area contributed by atoms with Crippen molar-refractivity contribution < 1.29 is 19.1 Å². The summed E-state index contributed by atoms with van der Waals surface area (Å²) in [4.78, 5) is 34.3. The molecule has 1 atom stereocenters. The van der Waals surface area contributed by atoms with Crippen LogP contribution in [0.5, 0.6) is 5.75 Å². The third-order valence-electron chi connectivity index (χ3n) is 6.71. The average molecular weight is 470 g/mol. The third kappa shape index (κ3) is 5.75. The Morgan fingerprint density at radius 1 is 1.18 bits per heavy atom. The smallest absolute Gasteiger partial charge is 0.256 e. The highest BCUT2D eigenvalue weighted by Gasteiger charge is 2.46. The maximum Gasteiger partial charge on any atom is 0.256 e. The van der Waals surface area contributed by atoms with Crippen LogP contribution in [-0.4, -0.2) is 81.4 Å². The lowest BCUT2D eigenvalue weighted by molar-refractivity contribution is -0.176. The minimum atomic E-state index is -0.992. The van der Waals surface area contributed by atoms with E-state index in [1.807, 2.05) is 34.9 Å². The number of benzene rings is 1. The molecule has 1 fully saturated rings. The van der Waals surface area contributed by atoms with Crippen LogP contribution in [0.3, 0.4) is 0 Å². The second-order valence-corrected chi connectivity index (χ2v) is 8.97. The third-order valence-corrected chi connectivity index (χ3v) is 6.71. The molecule has 1 aromatic carbocycles. The Labute approximate surface area is 201 Å². The first-order chi connectivity index (χ1) is 16.6. The zero-order valence-electron chi connectivity index (χ0n) is 20.0. The SMILES string of the molecule is CCN1CCOc2ccccc2CCCCC2(CN(C(=O)CCCn3cncn3)CCO2)C1=O. The van der Waals surface area contributed by atoms with E-state index in [1.54, 1.807) is 11.0 Å². The number of aromatic nitrogens is 3. The number of likely N-dealkylation sites (N-methyl/N-ethyl adjacent to an activating group) is 1. The van der Waals surface area contributed by atoms with Gasteiger partial charge in [-0.15, -0.1) is 0 Å². The highest BCUT2D eigenvalue weighted by molar-refractivity contribution is 5.87. The first-order valence-electron chi connectivity index (χ1n) is 12.4. The van der Waals surface area contributed by atoms with Gasteiger partial charge in [-0.05, 0) is 50.7 Å². The summed E-state index contributed by atoms with van der Waals surface area (Å²) < 4.78 is 14.0. The average Bonchev–Trinajstić information content (AvgIpc) is 3.38. The van der Waals surface area contributed by atoms with E-state index in [0.717, 1.165) is 25.0 Å². The molecule has 2 aliphatic heterocycles. The van der Waals surface area contributed by atoms with Crippen LogP contribution in [0.15, 0.2) is 36.9 Å². The summed E-state index contributed by atoms with van der Waals surface area (Å²) in [6, 6.07) is 8.12. The van der Waals surface area contributed by atoms with Crippen LogP contribution in [0.4, 0.5) is 0 Å². The van der Waals surface area contributed by atoms with E-state index in [-0.39, 0.29) is 11.8 Å². The Balaban J connectivity index is 1.44. The van der Waals surface area contributed by atoms with Crippen LogP contribution >= 0.6 is 0 Å². The highest BCUT2D eigenvalue weighted by atomic mass is 16.5. The number of carbonyl (C=O) groups excluding carboxylic acids is 2. The van der Waals surface area contributed by atoms with Crippen molar-refractivity contribution in [2.45, 2.75) is 57.6 Å². The molecule has 0 radical (unpaired) electrons. The van der Waals surface area contributed by atoms with E-state index >= 15 is 0 Å². The van der Waals surface area contributed by atoms with Gasteiger partial charge < -0.3 is 19.3 Å². The fourth-order valence-electron chi connectivity index (χ4n) is 4.82. The number of fused-ring (bicyclic) bond motifs is 1. The molecule has 34 heavy (non-hydrogen) atoms. The Morgan fingerprint density at radius 2 is 2.06 bits per heavy atom. The molecule has 1 saturated heterocycles. The van der Waals surface area contributed by atoms with Crippen LogP contribution in [-0.2, 0) is 27.3 Å². The molecular weight excluding hydrogens is 434 g/mol. The van der Waals surface area contributed by atoms with Crippen molar-refractivity contribution in [3.63, 3.8) is 0 Å². The molecule has 184 valence electrons. The standard InChI is InChI=1S/C25H35N5O4/c1-2-28-14-16-33-22-10-4-3-8-21(22)9-5-6-12-25(24(28)32)18-29(15-17-34-25)23(31)11-7-13-30-20-26-19-27-30/h3-4,8,10,19-20H,2,5-7,9,11-18H2,1H3. The predicted molar refractivity (Wildman–Crippen MR) is 126 cm³/mol. The summed E-state index contributed by atoms with van der Waals surface area (Å²) in [5.41, 5.74) is 0.203. The van der Waals surface area contributed by atoms with Crippen LogP contribution in [0.25, 0.3) is 0 Å². The lowest BCUT2D eigenvalue weighted by atomic mass is 9.90. The summed E-state index contributed by atoms with van der Waals surface area (Å²) >= 11 is 0. The van der Waals surface area contributed by atoms with Gasteiger partial charge in [0.05, 0.1) is 19.7 Å². The summed E-state index contributed by atoms with van der Waals surface area (Å²) in [6.45, 7) is 5.30. The summed E-state index contributed by atoms with van der Waals surface area (Å²) in [6.07, 6.45) is 7.50. The van der Waals surface area contributed by atoms with Gasteiger partial charge in [0.2, 0.25) is 5.91 Å². The molecule has 0 N–H and O–H groups in total. The number of carbonyl (C=O) groups is 2. The quantitative estimate of drug-likeness (QED) is 0.668. The van der Waals surface area contributed by atoms with Gasteiger partial charge in [-0.25, -0.2) is 4.98 Å². The molecule has 1 aromatic heterocycles. The van der Waals surface area contributed by atoms with Gasteiger partial charge in [0.25, 0.3) is 5.91 Å². The van der Waals surface area contributed by atoms with Crippen molar-refractivity contribution >= 4 is 11.8 Å². The van der Waals surface area contributed by atoms with Crippen molar-refractivity contribution in [3.05, 3.63) is 42.5 Å². The fourth-order valence-corrected chi connectivity index (χ4v) is 4.82. The van der Waals surface area contributed by atoms with Gasteiger partial charge in [-0.3, -0.25) is 14.3 Å². The number of nitrogens with zero attached hydrogens (tertiary/aromatic N) is 5. The minimum Gasteiger partial charge on any atom is -0.491 e. The summed E-state index contributed by atoms with van der Waals surface area (Å²) in [7, 11) is 0. The normalized spacial score (nSPS) is 22.0. The van der Waals surface area contributed by atoms with E-state index in [4.69, 9.17) is 9.47 Å². The molecule has 0 saturated carbocycles. The van der Waals surface area contributed by atoms with Crippen LogP contribution < -0.4 is 4.74 Å². The number of para-hydroxylation sites is 1.